The van der Waals surface area contributed by atoms with E-state index < -0.39 is 23.6 Å². The van der Waals surface area contributed by atoms with Crippen molar-refractivity contribution >= 4 is 35.5 Å². The molecule has 1 aliphatic heterocycles. The van der Waals surface area contributed by atoms with Crippen molar-refractivity contribution in [3.05, 3.63) is 104 Å². The summed E-state index contributed by atoms with van der Waals surface area (Å²) in [5, 5.41) is 21.9. The average molecular weight is 620 g/mol. The Morgan fingerprint density at radius 2 is 1.79 bits per heavy atom. The summed E-state index contributed by atoms with van der Waals surface area (Å²) in [5.74, 6) is -1.88. The van der Waals surface area contributed by atoms with Crippen LogP contribution in [0.3, 0.4) is 0 Å². The van der Waals surface area contributed by atoms with Crippen molar-refractivity contribution in [1.82, 2.24) is 9.80 Å². The van der Waals surface area contributed by atoms with Crippen LogP contribution >= 0.6 is 23.2 Å². The number of ether oxygens (including phenoxy) is 1. The first-order valence-electron chi connectivity index (χ1n) is 13.5. The molecule has 1 heterocycles. The van der Waals surface area contributed by atoms with Gasteiger partial charge in [0, 0.05) is 34.8 Å². The molecule has 4 rings (SSSR count). The van der Waals surface area contributed by atoms with Gasteiger partial charge in [-0.3, -0.25) is 9.69 Å². The Hall–Kier alpha value is -2.85. The molecular weight excluding hydrogens is 582 g/mol. The molecule has 7 nitrogen and oxygen atoms in total. The van der Waals surface area contributed by atoms with E-state index in [1.807, 2.05) is 37.4 Å². The molecule has 0 spiro atoms. The minimum Gasteiger partial charge on any atom is -0.478 e. The zero-order chi connectivity index (χ0) is 31.0. The number of aldehydes is 1. The van der Waals surface area contributed by atoms with E-state index in [9.17, 15) is 19.8 Å². The van der Waals surface area contributed by atoms with Crippen molar-refractivity contribution in [3.63, 3.8) is 0 Å². The molecule has 3 aromatic rings. The second kappa shape index (κ2) is 15.0. The van der Waals surface area contributed by atoms with Crippen LogP contribution in [0.5, 0.6) is 0 Å². The summed E-state index contributed by atoms with van der Waals surface area (Å²) >= 11 is 11.5. The zero-order valence-corrected chi connectivity index (χ0v) is 25.7. The molecule has 10 heteroatoms. The summed E-state index contributed by atoms with van der Waals surface area (Å²) in [5.41, 5.74) is -0.368. The molecule has 0 aromatic heterocycles. The number of aliphatic hydroxyl groups is 1. The van der Waals surface area contributed by atoms with E-state index in [0.29, 0.717) is 22.4 Å². The standard InChI is InChI=1S/C26H32ClFN2O5.C6H5Cl/c1-26(34,18-7-9-29(2)10-8-18)19-11-17(15-31)23(22(28)12-19)24(35-4)30(3)14-16-5-6-20(27)13-21(16)25(32)33;7-6-4-2-1-3-5-6/h5-6,11-13,15,18,24,34H,7-10,14H2,1-4H3,(H,32,33);1-5H. The largest absolute Gasteiger partial charge is 0.478 e. The molecule has 42 heavy (non-hydrogen) atoms. The van der Waals surface area contributed by atoms with Gasteiger partial charge < -0.3 is 19.8 Å². The van der Waals surface area contributed by atoms with Crippen molar-refractivity contribution < 1.29 is 28.9 Å². The highest BCUT2D eigenvalue weighted by Gasteiger charge is 2.37. The predicted octanol–water partition coefficient (Wildman–Crippen LogP) is 6.66. The number of benzene rings is 3. The van der Waals surface area contributed by atoms with Crippen LogP contribution in [-0.2, 0) is 16.9 Å². The Morgan fingerprint density at radius 3 is 2.31 bits per heavy atom. The molecule has 1 saturated heterocycles. The summed E-state index contributed by atoms with van der Waals surface area (Å²) in [6, 6.07) is 16.8. The second-order valence-electron chi connectivity index (χ2n) is 10.7. The van der Waals surface area contributed by atoms with Gasteiger partial charge in [0.25, 0.3) is 0 Å². The molecule has 2 atom stereocenters. The lowest BCUT2D eigenvalue weighted by molar-refractivity contribution is -0.0326. The number of carboxylic acid groups (broad SMARTS) is 1. The molecule has 2 unspecified atom stereocenters. The first kappa shape index (κ1) is 33.6. The molecule has 2 N–H and O–H groups in total. The van der Waals surface area contributed by atoms with E-state index in [2.05, 4.69) is 4.90 Å². The van der Waals surface area contributed by atoms with Gasteiger partial charge in [-0.2, -0.15) is 0 Å². The van der Waals surface area contributed by atoms with Crippen molar-refractivity contribution in [1.29, 1.82) is 0 Å². The lowest BCUT2D eigenvalue weighted by Crippen LogP contribution is -2.40. The number of nitrogens with zero attached hydrogens (tertiary/aromatic N) is 2. The molecule has 0 aliphatic carbocycles. The van der Waals surface area contributed by atoms with Crippen LogP contribution in [0, 0.1) is 11.7 Å². The molecule has 0 amide bonds. The third-order valence-electron chi connectivity index (χ3n) is 7.71. The maximum atomic E-state index is 15.6. The lowest BCUT2D eigenvalue weighted by Gasteiger charge is -2.39. The molecule has 226 valence electrons. The molecule has 0 bridgehead atoms. The molecule has 0 radical (unpaired) electrons. The van der Waals surface area contributed by atoms with E-state index in [1.54, 1.807) is 31.0 Å². The maximum absolute atomic E-state index is 15.6. The number of methoxy groups -OCH3 is 1. The van der Waals surface area contributed by atoms with Gasteiger partial charge in [0.15, 0.2) is 6.29 Å². The Labute approximate surface area is 256 Å². The number of rotatable bonds is 9. The van der Waals surface area contributed by atoms with E-state index in [1.165, 1.54) is 25.3 Å². The van der Waals surface area contributed by atoms with Crippen molar-refractivity contribution in [2.24, 2.45) is 5.92 Å². The highest BCUT2D eigenvalue weighted by atomic mass is 35.5. The number of likely N-dealkylation sites (tertiary alicyclic amines) is 1. The van der Waals surface area contributed by atoms with E-state index in [4.69, 9.17) is 27.9 Å². The molecule has 1 fully saturated rings. The minimum absolute atomic E-state index is 0.0266. The van der Waals surface area contributed by atoms with Crippen LogP contribution in [0.4, 0.5) is 4.39 Å². The number of aromatic carboxylic acids is 1. The number of piperidine rings is 1. The molecular formula is C32H37Cl2FN2O5. The molecule has 0 saturated carbocycles. The minimum atomic E-state index is -1.30. The fourth-order valence-electron chi connectivity index (χ4n) is 5.27. The molecule has 1 aliphatic rings. The van der Waals surface area contributed by atoms with Crippen LogP contribution in [0.15, 0.2) is 60.7 Å². The zero-order valence-electron chi connectivity index (χ0n) is 24.2. The lowest BCUT2D eigenvalue weighted by atomic mass is 9.76. The second-order valence-corrected chi connectivity index (χ2v) is 11.6. The number of halogens is 3. The molecule has 3 aromatic carbocycles. The van der Waals surface area contributed by atoms with E-state index in [-0.39, 0.29) is 29.2 Å². The average Bonchev–Trinajstić information content (AvgIpc) is 2.95. The number of hydrogen-bond donors (Lipinski definition) is 2. The number of carboxylic acids is 1. The maximum Gasteiger partial charge on any atom is 0.336 e. The van der Waals surface area contributed by atoms with Gasteiger partial charge in [-0.15, -0.1) is 0 Å². The quantitative estimate of drug-likeness (QED) is 0.205. The van der Waals surface area contributed by atoms with Crippen molar-refractivity contribution in [2.45, 2.75) is 38.1 Å². The number of hydrogen-bond acceptors (Lipinski definition) is 6. The third kappa shape index (κ3) is 8.37. The number of carbonyl (C=O) groups is 2. The van der Waals surface area contributed by atoms with Gasteiger partial charge in [0.05, 0.1) is 11.2 Å². The van der Waals surface area contributed by atoms with Crippen molar-refractivity contribution in [3.8, 4) is 0 Å². The topological polar surface area (TPSA) is 90.3 Å². The van der Waals surface area contributed by atoms with Gasteiger partial charge >= 0.3 is 5.97 Å². The first-order chi connectivity index (χ1) is 19.9. The Morgan fingerprint density at radius 1 is 1.14 bits per heavy atom. The van der Waals surface area contributed by atoms with E-state index in [0.717, 1.165) is 31.0 Å². The van der Waals surface area contributed by atoms with Crippen LogP contribution in [0.2, 0.25) is 10.0 Å². The highest BCUT2D eigenvalue weighted by Crippen LogP contribution is 2.39. The smallest absolute Gasteiger partial charge is 0.336 e. The summed E-state index contributed by atoms with van der Waals surface area (Å²) in [4.78, 5) is 27.5. The van der Waals surface area contributed by atoms with Gasteiger partial charge in [-0.25, -0.2) is 9.18 Å². The first-order valence-corrected chi connectivity index (χ1v) is 14.3. The SMILES string of the molecule is COC(c1c(F)cc(C(C)(O)C2CCN(C)CC2)cc1C=O)N(C)Cc1ccc(Cl)cc1C(=O)O.Clc1ccccc1. The highest BCUT2D eigenvalue weighted by molar-refractivity contribution is 6.31. The third-order valence-corrected chi connectivity index (χ3v) is 8.20. The number of carbonyl (C=O) groups excluding carboxylic acids is 1. The van der Waals surface area contributed by atoms with E-state index >= 15 is 4.39 Å². The van der Waals surface area contributed by atoms with Gasteiger partial charge in [0.1, 0.15) is 12.0 Å². The Bertz CT molecular complexity index is 1360. The normalized spacial score (nSPS) is 16.3. The Balaban J connectivity index is 0.000000603. The summed E-state index contributed by atoms with van der Waals surface area (Å²) in [6.07, 6.45) is 1.10. The Kier molecular flexibility index (Phi) is 12.1. The predicted molar refractivity (Wildman–Crippen MR) is 163 cm³/mol. The van der Waals surface area contributed by atoms with Crippen LogP contribution in [0.1, 0.15) is 63.4 Å². The van der Waals surface area contributed by atoms with Crippen LogP contribution < -0.4 is 0 Å². The monoisotopic (exact) mass is 618 g/mol. The van der Waals surface area contributed by atoms with Gasteiger partial charge in [0.2, 0.25) is 0 Å². The van der Waals surface area contributed by atoms with Gasteiger partial charge in [-0.05, 0) is 100 Å². The summed E-state index contributed by atoms with van der Waals surface area (Å²) < 4.78 is 21.1. The van der Waals surface area contributed by atoms with Crippen LogP contribution in [0.25, 0.3) is 0 Å². The summed E-state index contributed by atoms with van der Waals surface area (Å²) in [6.45, 7) is 3.44. The van der Waals surface area contributed by atoms with Crippen molar-refractivity contribution in [2.75, 3.05) is 34.3 Å². The fourth-order valence-corrected chi connectivity index (χ4v) is 5.58. The summed E-state index contributed by atoms with van der Waals surface area (Å²) in [7, 11) is 5.05. The fraction of sp³-hybridized carbons (Fsp3) is 0.375. The van der Waals surface area contributed by atoms with Crippen LogP contribution in [-0.4, -0.2) is 66.6 Å². The van der Waals surface area contributed by atoms with Gasteiger partial charge in [-0.1, -0.05) is 47.5 Å².